The maximum Gasteiger partial charge on any atom is 0.341 e. The summed E-state index contributed by atoms with van der Waals surface area (Å²) >= 11 is 0. The molecule has 0 radical (unpaired) electrons. The van der Waals surface area contributed by atoms with Crippen LogP contribution in [0.15, 0.2) is 30.5 Å². The van der Waals surface area contributed by atoms with Crippen molar-refractivity contribution in [3.63, 3.8) is 0 Å². The summed E-state index contributed by atoms with van der Waals surface area (Å²) < 4.78 is 6.90. The van der Waals surface area contributed by atoms with E-state index in [4.69, 9.17) is 4.74 Å². The second-order valence-corrected chi connectivity index (χ2v) is 9.66. The average Bonchev–Trinajstić information content (AvgIpc) is 3.61. The number of carbonyl (C=O) groups excluding carboxylic acids is 2. The first-order chi connectivity index (χ1) is 15.7. The van der Waals surface area contributed by atoms with Gasteiger partial charge in [0.15, 0.2) is 0 Å². The van der Waals surface area contributed by atoms with E-state index in [0.29, 0.717) is 23.3 Å². The molecule has 1 aliphatic heterocycles. The molecule has 5 rings (SSSR count). The summed E-state index contributed by atoms with van der Waals surface area (Å²) in [5.41, 5.74) is 3.81. The Bertz CT molecular complexity index is 988. The highest BCUT2D eigenvalue weighted by Gasteiger charge is 2.34. The van der Waals surface area contributed by atoms with Gasteiger partial charge in [0.25, 0.3) is 0 Å². The Labute approximate surface area is 189 Å². The lowest BCUT2D eigenvalue weighted by Gasteiger charge is -2.34. The molecule has 1 aromatic carbocycles. The van der Waals surface area contributed by atoms with Gasteiger partial charge in [-0.05, 0) is 75.0 Å². The van der Waals surface area contributed by atoms with Crippen molar-refractivity contribution in [2.75, 3.05) is 20.2 Å². The molecule has 2 saturated carbocycles. The van der Waals surface area contributed by atoms with Crippen LogP contribution in [-0.2, 0) is 9.53 Å². The molecular weight excluding hydrogens is 402 g/mol. The molecule has 1 saturated heterocycles. The molecule has 2 aromatic rings. The van der Waals surface area contributed by atoms with E-state index in [9.17, 15) is 9.59 Å². The first-order valence-corrected chi connectivity index (χ1v) is 12.2. The summed E-state index contributed by atoms with van der Waals surface area (Å²) in [7, 11) is 1.42. The molecule has 6 nitrogen and oxygen atoms in total. The molecule has 3 fully saturated rings. The van der Waals surface area contributed by atoms with Crippen LogP contribution in [0.25, 0.3) is 5.69 Å². The lowest BCUT2D eigenvalue weighted by atomic mass is 9.77. The van der Waals surface area contributed by atoms with E-state index in [0.717, 1.165) is 75.8 Å². The van der Waals surface area contributed by atoms with Gasteiger partial charge in [0.1, 0.15) is 5.56 Å². The number of hydrogen-bond acceptors (Lipinski definition) is 4. The van der Waals surface area contributed by atoms with Crippen LogP contribution in [0.4, 0.5) is 0 Å². The molecule has 2 aliphatic carbocycles. The van der Waals surface area contributed by atoms with Gasteiger partial charge in [0.2, 0.25) is 5.91 Å². The van der Waals surface area contributed by atoms with E-state index in [2.05, 4.69) is 34.3 Å². The number of aromatic nitrogens is 2. The lowest BCUT2D eigenvalue weighted by molar-refractivity contribution is -0.137. The Kier molecular flexibility index (Phi) is 6.03. The molecule has 6 heteroatoms. The van der Waals surface area contributed by atoms with Gasteiger partial charge in [-0.3, -0.25) is 4.79 Å². The SMILES string of the molecule is COC(=O)c1cnn(-c2cccc(C3CCCC(C(=O)N4CCCCC4)C3)c2)c1C1CC1. The van der Waals surface area contributed by atoms with Crippen molar-refractivity contribution in [3.8, 4) is 5.69 Å². The lowest BCUT2D eigenvalue weighted by Crippen LogP contribution is -2.40. The van der Waals surface area contributed by atoms with Crippen molar-refractivity contribution in [2.24, 2.45) is 5.92 Å². The number of carbonyl (C=O) groups is 2. The van der Waals surface area contributed by atoms with Gasteiger partial charge >= 0.3 is 5.97 Å². The van der Waals surface area contributed by atoms with Crippen LogP contribution in [0.2, 0.25) is 0 Å². The van der Waals surface area contributed by atoms with Gasteiger partial charge in [-0.15, -0.1) is 0 Å². The molecule has 0 N–H and O–H groups in total. The Morgan fingerprint density at radius 1 is 1.00 bits per heavy atom. The number of hydrogen-bond donors (Lipinski definition) is 0. The van der Waals surface area contributed by atoms with Gasteiger partial charge < -0.3 is 9.64 Å². The normalized spacial score (nSPS) is 23.7. The van der Waals surface area contributed by atoms with Crippen LogP contribution < -0.4 is 0 Å². The molecule has 3 aliphatic rings. The van der Waals surface area contributed by atoms with Gasteiger partial charge in [-0.25, -0.2) is 9.48 Å². The Morgan fingerprint density at radius 3 is 2.56 bits per heavy atom. The van der Waals surface area contributed by atoms with Gasteiger partial charge in [0.05, 0.1) is 24.7 Å². The van der Waals surface area contributed by atoms with Crippen molar-refractivity contribution in [1.29, 1.82) is 0 Å². The van der Waals surface area contributed by atoms with E-state index in [1.807, 2.05) is 4.68 Å². The fraction of sp³-hybridized carbons (Fsp3) is 0.577. The van der Waals surface area contributed by atoms with Gasteiger partial charge in [-0.2, -0.15) is 5.10 Å². The monoisotopic (exact) mass is 435 g/mol. The smallest absolute Gasteiger partial charge is 0.341 e. The van der Waals surface area contributed by atoms with E-state index in [1.54, 1.807) is 6.20 Å². The number of amides is 1. The van der Waals surface area contributed by atoms with E-state index < -0.39 is 0 Å². The molecule has 2 heterocycles. The minimum Gasteiger partial charge on any atom is -0.465 e. The number of likely N-dealkylation sites (tertiary alicyclic amines) is 1. The minimum absolute atomic E-state index is 0.146. The summed E-state index contributed by atoms with van der Waals surface area (Å²) in [4.78, 5) is 27.5. The Morgan fingerprint density at radius 2 is 1.81 bits per heavy atom. The molecule has 0 spiro atoms. The fourth-order valence-corrected chi connectivity index (χ4v) is 5.58. The van der Waals surface area contributed by atoms with Crippen molar-refractivity contribution in [3.05, 3.63) is 47.3 Å². The highest BCUT2D eigenvalue weighted by molar-refractivity contribution is 5.91. The van der Waals surface area contributed by atoms with Gasteiger partial charge in [-0.1, -0.05) is 18.6 Å². The zero-order chi connectivity index (χ0) is 22.1. The maximum atomic E-state index is 13.1. The maximum absolute atomic E-state index is 13.1. The predicted molar refractivity (Wildman–Crippen MR) is 122 cm³/mol. The zero-order valence-electron chi connectivity index (χ0n) is 19.0. The van der Waals surface area contributed by atoms with Gasteiger partial charge in [0, 0.05) is 24.9 Å². The average molecular weight is 436 g/mol. The molecule has 2 unspecified atom stereocenters. The van der Waals surface area contributed by atoms with Crippen molar-refractivity contribution >= 4 is 11.9 Å². The van der Waals surface area contributed by atoms with Crippen molar-refractivity contribution in [2.45, 2.75) is 69.6 Å². The fourth-order valence-electron chi connectivity index (χ4n) is 5.58. The summed E-state index contributed by atoms with van der Waals surface area (Å²) in [5, 5.41) is 4.56. The highest BCUT2D eigenvalue weighted by Crippen LogP contribution is 2.43. The molecule has 170 valence electrons. The van der Waals surface area contributed by atoms with Crippen LogP contribution in [-0.4, -0.2) is 46.8 Å². The second kappa shape index (κ2) is 9.08. The Hall–Kier alpha value is -2.63. The van der Waals surface area contributed by atoms with Crippen LogP contribution >= 0.6 is 0 Å². The topological polar surface area (TPSA) is 64.4 Å². The van der Waals surface area contributed by atoms with E-state index in [1.165, 1.54) is 19.1 Å². The third kappa shape index (κ3) is 4.19. The highest BCUT2D eigenvalue weighted by atomic mass is 16.5. The minimum atomic E-state index is -0.319. The quantitative estimate of drug-likeness (QED) is 0.632. The number of nitrogens with zero attached hydrogens (tertiary/aromatic N) is 3. The predicted octanol–water partition coefficient (Wildman–Crippen LogP) is 4.82. The summed E-state index contributed by atoms with van der Waals surface area (Å²) in [6.45, 7) is 1.86. The second-order valence-electron chi connectivity index (χ2n) is 9.66. The standard InChI is InChI=1S/C26H33N3O3/c1-32-26(31)23-17-27-29(24(23)18-11-12-18)22-10-6-8-20(16-22)19-7-5-9-21(15-19)25(30)28-13-3-2-4-14-28/h6,8,10,16-19,21H,2-5,7,9,11-15H2,1H3. The van der Waals surface area contributed by atoms with Crippen molar-refractivity contribution < 1.29 is 14.3 Å². The number of esters is 1. The van der Waals surface area contributed by atoms with E-state index >= 15 is 0 Å². The third-order valence-electron chi connectivity index (χ3n) is 7.45. The largest absolute Gasteiger partial charge is 0.465 e. The van der Waals surface area contributed by atoms with Crippen LogP contribution in [0, 0.1) is 5.92 Å². The summed E-state index contributed by atoms with van der Waals surface area (Å²) in [6.07, 6.45) is 11.5. The zero-order valence-corrected chi connectivity index (χ0v) is 19.0. The van der Waals surface area contributed by atoms with Crippen LogP contribution in [0.5, 0.6) is 0 Å². The number of piperidine rings is 1. The van der Waals surface area contributed by atoms with Crippen LogP contribution in [0.1, 0.15) is 91.2 Å². The van der Waals surface area contributed by atoms with Crippen molar-refractivity contribution in [1.82, 2.24) is 14.7 Å². The molecular formula is C26H33N3O3. The third-order valence-corrected chi connectivity index (χ3v) is 7.45. The molecule has 2 atom stereocenters. The molecule has 1 amide bonds. The number of benzene rings is 1. The first-order valence-electron chi connectivity index (χ1n) is 12.2. The number of methoxy groups -OCH3 is 1. The van der Waals surface area contributed by atoms with E-state index in [-0.39, 0.29) is 11.9 Å². The summed E-state index contributed by atoms with van der Waals surface area (Å²) in [5.74, 6) is 0.962. The Balaban J connectivity index is 1.37. The first kappa shape index (κ1) is 21.2. The summed E-state index contributed by atoms with van der Waals surface area (Å²) in [6, 6.07) is 8.53. The molecule has 32 heavy (non-hydrogen) atoms. The molecule has 0 bridgehead atoms. The van der Waals surface area contributed by atoms with Crippen LogP contribution in [0.3, 0.4) is 0 Å². The number of ether oxygens (including phenoxy) is 1. The number of rotatable bonds is 5. The molecule has 1 aromatic heterocycles.